The number of anilines is 1. The van der Waals surface area contributed by atoms with E-state index in [-0.39, 0.29) is 5.91 Å². The van der Waals surface area contributed by atoms with Gasteiger partial charge in [-0.2, -0.15) is 0 Å². The Kier molecular flexibility index (Phi) is 4.34. The minimum atomic E-state index is -0.132. The SMILES string of the molecule is CCCNc1cc(C(=O)NCC)nc2ccccc12. The first-order chi connectivity index (χ1) is 9.26. The fraction of sp³-hybridized carbons (Fsp3) is 0.333. The quantitative estimate of drug-likeness (QED) is 0.866. The maximum absolute atomic E-state index is 11.9. The number of benzene rings is 1. The molecule has 2 rings (SSSR count). The second-order valence-corrected chi connectivity index (χ2v) is 4.36. The third-order valence-electron chi connectivity index (χ3n) is 2.85. The lowest BCUT2D eigenvalue weighted by atomic mass is 10.1. The molecule has 1 aromatic carbocycles. The third-order valence-corrected chi connectivity index (χ3v) is 2.85. The molecule has 2 N–H and O–H groups in total. The van der Waals surface area contributed by atoms with Crippen LogP contribution in [-0.4, -0.2) is 24.0 Å². The molecule has 0 aliphatic carbocycles. The van der Waals surface area contributed by atoms with E-state index in [1.807, 2.05) is 37.3 Å². The fourth-order valence-electron chi connectivity index (χ4n) is 1.95. The first-order valence-electron chi connectivity index (χ1n) is 6.68. The molecule has 100 valence electrons. The lowest BCUT2D eigenvalue weighted by Gasteiger charge is -2.11. The molecule has 19 heavy (non-hydrogen) atoms. The van der Waals surface area contributed by atoms with Crippen molar-refractivity contribution in [1.29, 1.82) is 0 Å². The molecule has 0 unspecified atom stereocenters. The number of carbonyl (C=O) groups is 1. The average Bonchev–Trinajstić information content (AvgIpc) is 2.44. The van der Waals surface area contributed by atoms with E-state index in [1.165, 1.54) is 0 Å². The normalized spacial score (nSPS) is 10.4. The number of aromatic nitrogens is 1. The Hall–Kier alpha value is -2.10. The third kappa shape index (κ3) is 3.02. The van der Waals surface area contributed by atoms with E-state index in [0.29, 0.717) is 12.2 Å². The molecule has 0 aliphatic rings. The van der Waals surface area contributed by atoms with Crippen LogP contribution in [0, 0.1) is 0 Å². The highest BCUT2D eigenvalue weighted by Gasteiger charge is 2.10. The Morgan fingerprint density at radius 3 is 2.79 bits per heavy atom. The van der Waals surface area contributed by atoms with Crippen molar-refractivity contribution in [2.75, 3.05) is 18.4 Å². The Morgan fingerprint density at radius 2 is 2.05 bits per heavy atom. The standard InChI is InChI=1S/C15H19N3O/c1-3-9-17-13-10-14(15(19)16-4-2)18-12-8-6-5-7-11(12)13/h5-8,10H,3-4,9H2,1-2H3,(H,16,19)(H,17,18). The molecule has 0 saturated heterocycles. The molecule has 0 aliphatic heterocycles. The van der Waals surface area contributed by atoms with Gasteiger partial charge >= 0.3 is 0 Å². The number of pyridine rings is 1. The summed E-state index contributed by atoms with van der Waals surface area (Å²) in [6.07, 6.45) is 1.03. The first kappa shape index (κ1) is 13.3. The van der Waals surface area contributed by atoms with E-state index >= 15 is 0 Å². The van der Waals surface area contributed by atoms with Crippen LogP contribution in [0.3, 0.4) is 0 Å². The Morgan fingerprint density at radius 1 is 1.26 bits per heavy atom. The zero-order valence-corrected chi connectivity index (χ0v) is 11.4. The van der Waals surface area contributed by atoms with Crippen molar-refractivity contribution < 1.29 is 4.79 Å². The summed E-state index contributed by atoms with van der Waals surface area (Å²) in [5.41, 5.74) is 2.26. The van der Waals surface area contributed by atoms with Crippen LogP contribution in [0.15, 0.2) is 30.3 Å². The molecule has 1 heterocycles. The largest absolute Gasteiger partial charge is 0.384 e. The summed E-state index contributed by atoms with van der Waals surface area (Å²) in [4.78, 5) is 16.3. The van der Waals surface area contributed by atoms with Gasteiger partial charge in [-0.25, -0.2) is 4.98 Å². The van der Waals surface area contributed by atoms with Crippen molar-refractivity contribution in [3.63, 3.8) is 0 Å². The summed E-state index contributed by atoms with van der Waals surface area (Å²) >= 11 is 0. The number of nitrogens with one attached hydrogen (secondary N) is 2. The molecular formula is C15H19N3O. The Bertz CT molecular complexity index is 581. The maximum Gasteiger partial charge on any atom is 0.269 e. The smallest absolute Gasteiger partial charge is 0.269 e. The van der Waals surface area contributed by atoms with E-state index in [4.69, 9.17) is 0 Å². The van der Waals surface area contributed by atoms with Gasteiger partial charge in [-0.1, -0.05) is 25.1 Å². The number of amides is 1. The van der Waals surface area contributed by atoms with Crippen LogP contribution < -0.4 is 10.6 Å². The van der Waals surface area contributed by atoms with Crippen molar-refractivity contribution in [1.82, 2.24) is 10.3 Å². The summed E-state index contributed by atoms with van der Waals surface area (Å²) in [5, 5.41) is 7.18. The van der Waals surface area contributed by atoms with E-state index < -0.39 is 0 Å². The number of nitrogens with zero attached hydrogens (tertiary/aromatic N) is 1. The van der Waals surface area contributed by atoms with E-state index in [0.717, 1.165) is 29.6 Å². The summed E-state index contributed by atoms with van der Waals surface area (Å²) in [6, 6.07) is 9.67. The summed E-state index contributed by atoms with van der Waals surface area (Å²) < 4.78 is 0. The van der Waals surface area contributed by atoms with Crippen molar-refractivity contribution in [2.45, 2.75) is 20.3 Å². The highest BCUT2D eigenvalue weighted by atomic mass is 16.1. The van der Waals surface area contributed by atoms with Gasteiger partial charge in [0.05, 0.1) is 5.52 Å². The van der Waals surface area contributed by atoms with Gasteiger partial charge in [0.25, 0.3) is 5.91 Å². The number of hydrogen-bond acceptors (Lipinski definition) is 3. The number of para-hydroxylation sites is 1. The van der Waals surface area contributed by atoms with Crippen molar-refractivity contribution in [2.24, 2.45) is 0 Å². The van der Waals surface area contributed by atoms with Crippen molar-refractivity contribution >= 4 is 22.5 Å². The number of hydrogen-bond donors (Lipinski definition) is 2. The summed E-state index contributed by atoms with van der Waals surface area (Å²) in [6.45, 7) is 5.49. The Labute approximate surface area is 113 Å². The van der Waals surface area contributed by atoms with Gasteiger partial charge in [0.15, 0.2) is 0 Å². The zero-order valence-electron chi connectivity index (χ0n) is 11.4. The Balaban J connectivity index is 2.46. The van der Waals surface area contributed by atoms with Gasteiger partial charge in [0.2, 0.25) is 0 Å². The highest BCUT2D eigenvalue weighted by Crippen LogP contribution is 2.23. The molecular weight excluding hydrogens is 238 g/mol. The highest BCUT2D eigenvalue weighted by molar-refractivity contribution is 5.99. The number of carbonyl (C=O) groups excluding carboxylic acids is 1. The molecule has 0 atom stereocenters. The summed E-state index contributed by atoms with van der Waals surface area (Å²) in [5.74, 6) is -0.132. The zero-order chi connectivity index (χ0) is 13.7. The topological polar surface area (TPSA) is 54.0 Å². The van der Waals surface area contributed by atoms with Crippen LogP contribution in [0.1, 0.15) is 30.8 Å². The molecule has 2 aromatic rings. The van der Waals surface area contributed by atoms with Crippen molar-refractivity contribution in [3.8, 4) is 0 Å². The van der Waals surface area contributed by atoms with Crippen LogP contribution in [0.25, 0.3) is 10.9 Å². The monoisotopic (exact) mass is 257 g/mol. The molecule has 0 saturated carbocycles. The van der Waals surface area contributed by atoms with E-state index in [9.17, 15) is 4.79 Å². The molecule has 0 spiro atoms. The van der Waals surface area contributed by atoms with Gasteiger partial charge in [-0.05, 0) is 25.5 Å². The number of fused-ring (bicyclic) bond motifs is 1. The van der Waals surface area contributed by atoms with Gasteiger partial charge in [-0.3, -0.25) is 4.79 Å². The molecule has 0 radical (unpaired) electrons. The first-order valence-corrected chi connectivity index (χ1v) is 6.68. The molecule has 0 fully saturated rings. The van der Waals surface area contributed by atoms with Gasteiger partial charge < -0.3 is 10.6 Å². The summed E-state index contributed by atoms with van der Waals surface area (Å²) in [7, 11) is 0. The second-order valence-electron chi connectivity index (χ2n) is 4.36. The van der Waals surface area contributed by atoms with Crippen LogP contribution in [0.4, 0.5) is 5.69 Å². The van der Waals surface area contributed by atoms with Crippen LogP contribution in [0.2, 0.25) is 0 Å². The van der Waals surface area contributed by atoms with Crippen LogP contribution in [-0.2, 0) is 0 Å². The maximum atomic E-state index is 11.9. The predicted octanol–water partition coefficient (Wildman–Crippen LogP) is 2.81. The lowest BCUT2D eigenvalue weighted by Crippen LogP contribution is -2.24. The predicted molar refractivity (Wildman–Crippen MR) is 78.5 cm³/mol. The van der Waals surface area contributed by atoms with Crippen LogP contribution >= 0.6 is 0 Å². The van der Waals surface area contributed by atoms with E-state index in [2.05, 4.69) is 22.5 Å². The van der Waals surface area contributed by atoms with Crippen molar-refractivity contribution in [3.05, 3.63) is 36.0 Å². The molecule has 1 amide bonds. The van der Waals surface area contributed by atoms with Gasteiger partial charge in [-0.15, -0.1) is 0 Å². The van der Waals surface area contributed by atoms with Gasteiger partial charge in [0.1, 0.15) is 5.69 Å². The molecule has 4 nitrogen and oxygen atoms in total. The number of rotatable bonds is 5. The molecule has 1 aromatic heterocycles. The second kappa shape index (κ2) is 6.18. The average molecular weight is 257 g/mol. The lowest BCUT2D eigenvalue weighted by molar-refractivity contribution is 0.0951. The van der Waals surface area contributed by atoms with Crippen LogP contribution in [0.5, 0.6) is 0 Å². The van der Waals surface area contributed by atoms with E-state index in [1.54, 1.807) is 0 Å². The molecule has 0 bridgehead atoms. The fourth-order valence-corrected chi connectivity index (χ4v) is 1.95. The minimum absolute atomic E-state index is 0.132. The van der Waals surface area contributed by atoms with Gasteiger partial charge in [0, 0.05) is 24.2 Å². The minimum Gasteiger partial charge on any atom is -0.384 e. The molecule has 4 heteroatoms.